The Morgan fingerprint density at radius 1 is 1.29 bits per heavy atom. The quantitative estimate of drug-likeness (QED) is 0.439. The number of unbranched alkanes of at least 4 members (excludes halogenated alkanes) is 3. The molecule has 0 aliphatic heterocycles. The van der Waals surface area contributed by atoms with Crippen molar-refractivity contribution in [3.63, 3.8) is 0 Å². The predicted molar refractivity (Wildman–Crippen MR) is 64.2 cm³/mol. The van der Waals surface area contributed by atoms with E-state index in [9.17, 15) is 0 Å². The monoisotopic (exact) mass is 237 g/mol. The Morgan fingerprint density at radius 2 is 1.86 bits per heavy atom. The summed E-state index contributed by atoms with van der Waals surface area (Å²) in [5, 5.41) is 15.4. The van der Waals surface area contributed by atoms with Gasteiger partial charge in [-0.3, -0.25) is 0 Å². The fourth-order valence-electron chi connectivity index (χ4n) is 1.01. The molecule has 0 unspecified atom stereocenters. The van der Waals surface area contributed by atoms with Crippen LogP contribution in [0.25, 0.3) is 0 Å². The predicted octanol–water partition coefficient (Wildman–Crippen LogP) is 2.57. The second-order valence-electron chi connectivity index (χ2n) is 3.00. The third kappa shape index (κ3) is 12.1. The van der Waals surface area contributed by atoms with Crippen molar-refractivity contribution in [3.05, 3.63) is 0 Å². The number of nitriles is 1. The van der Waals surface area contributed by atoms with Crippen molar-refractivity contribution in [2.24, 2.45) is 0 Å². The lowest BCUT2D eigenvalue weighted by Crippen LogP contribution is -2.10. The Kier molecular flexibility index (Phi) is 13.2. The van der Waals surface area contributed by atoms with Crippen LogP contribution < -0.4 is 0 Å². The maximum atomic E-state index is 8.39. The Labute approximate surface area is 97.6 Å². The third-order valence-electron chi connectivity index (χ3n) is 1.73. The Morgan fingerprint density at radius 3 is 2.29 bits per heavy atom. The molecule has 0 spiro atoms. The highest BCUT2D eigenvalue weighted by Crippen LogP contribution is 2.31. The molecule has 0 rings (SSSR count). The molecular formula is C9H18BCl2NO. The van der Waals surface area contributed by atoms with Gasteiger partial charge in [0.2, 0.25) is 0 Å². The van der Waals surface area contributed by atoms with Crippen LogP contribution >= 0.6 is 23.2 Å². The Bertz CT molecular complexity index is 159. The maximum Gasteiger partial charge on any atom is 0.252 e. The lowest BCUT2D eigenvalue weighted by molar-refractivity contribution is 0.593. The summed E-state index contributed by atoms with van der Waals surface area (Å²) in [6.45, 7) is 2.16. The van der Waals surface area contributed by atoms with Crippen LogP contribution in [-0.4, -0.2) is 17.4 Å². The van der Waals surface area contributed by atoms with Gasteiger partial charge >= 0.3 is 0 Å². The SMILES string of the molecule is BO.CCCCCCC(Cl)(Cl)CC#N. The van der Waals surface area contributed by atoms with Gasteiger partial charge < -0.3 is 5.02 Å². The Hall–Kier alpha value is 0.0949. The normalized spacial score (nSPS) is 9.93. The molecule has 1 N–H and O–H groups in total. The van der Waals surface area contributed by atoms with Crippen molar-refractivity contribution in [1.29, 1.82) is 5.26 Å². The molecule has 0 heterocycles. The van der Waals surface area contributed by atoms with Crippen LogP contribution in [-0.2, 0) is 0 Å². The molecule has 0 aromatic carbocycles. The number of halogens is 2. The lowest BCUT2D eigenvalue weighted by atomic mass is 10.1. The zero-order valence-electron chi connectivity index (χ0n) is 8.89. The summed E-state index contributed by atoms with van der Waals surface area (Å²) in [5.41, 5.74) is 0. The highest BCUT2D eigenvalue weighted by atomic mass is 35.5. The van der Waals surface area contributed by atoms with Crippen molar-refractivity contribution in [1.82, 2.24) is 0 Å². The number of hydrogen-bond acceptors (Lipinski definition) is 2. The molecule has 0 amide bonds. The molecule has 2 nitrogen and oxygen atoms in total. The molecule has 5 heteroatoms. The van der Waals surface area contributed by atoms with Crippen LogP contribution in [0.5, 0.6) is 0 Å². The molecule has 0 saturated heterocycles. The molecule has 82 valence electrons. The molecule has 0 aromatic rings. The zero-order valence-corrected chi connectivity index (χ0v) is 10.4. The second kappa shape index (κ2) is 11.2. The summed E-state index contributed by atoms with van der Waals surface area (Å²) in [6, 6.07) is 1.98. The van der Waals surface area contributed by atoms with E-state index in [-0.39, 0.29) is 6.42 Å². The van der Waals surface area contributed by atoms with Gasteiger partial charge in [0.05, 0.1) is 12.5 Å². The summed E-state index contributed by atoms with van der Waals surface area (Å²) in [7, 11) is 1.00. The van der Waals surface area contributed by atoms with E-state index in [1.165, 1.54) is 12.8 Å². The van der Waals surface area contributed by atoms with Crippen molar-refractivity contribution < 1.29 is 5.02 Å². The number of alkyl halides is 2. The summed E-state index contributed by atoms with van der Waals surface area (Å²) in [5.74, 6) is 0. The van der Waals surface area contributed by atoms with E-state index < -0.39 is 4.33 Å². The molecule has 0 radical (unpaired) electrons. The minimum atomic E-state index is -0.817. The van der Waals surface area contributed by atoms with Crippen molar-refractivity contribution in [3.8, 4) is 6.07 Å². The molecular weight excluding hydrogens is 220 g/mol. The van der Waals surface area contributed by atoms with E-state index in [2.05, 4.69) is 6.92 Å². The maximum absolute atomic E-state index is 8.39. The van der Waals surface area contributed by atoms with Crippen LogP contribution in [0.4, 0.5) is 0 Å². The van der Waals surface area contributed by atoms with Crippen LogP contribution in [0, 0.1) is 11.3 Å². The first-order valence-electron chi connectivity index (χ1n) is 4.82. The number of nitrogens with zero attached hydrogens (tertiary/aromatic N) is 1. The molecule has 0 saturated carbocycles. The highest BCUT2D eigenvalue weighted by molar-refractivity contribution is 6.48. The summed E-state index contributed by atoms with van der Waals surface area (Å²) < 4.78 is -0.817. The molecule has 0 aromatic heterocycles. The first-order valence-corrected chi connectivity index (χ1v) is 5.57. The van der Waals surface area contributed by atoms with Gasteiger partial charge in [-0.15, -0.1) is 23.2 Å². The van der Waals surface area contributed by atoms with Crippen molar-refractivity contribution in [2.75, 3.05) is 0 Å². The molecule has 0 bridgehead atoms. The fraction of sp³-hybridized carbons (Fsp3) is 0.889. The average molecular weight is 238 g/mol. The minimum absolute atomic E-state index is 0.224. The van der Waals surface area contributed by atoms with Crippen molar-refractivity contribution in [2.45, 2.75) is 49.8 Å². The van der Waals surface area contributed by atoms with Gasteiger partial charge in [0.1, 0.15) is 4.33 Å². The zero-order chi connectivity index (χ0) is 11.4. The second-order valence-corrected chi connectivity index (χ2v) is 4.64. The fourth-order valence-corrected chi connectivity index (χ4v) is 1.40. The Balaban J connectivity index is 0. The van der Waals surface area contributed by atoms with Gasteiger partial charge in [-0.05, 0) is 6.42 Å². The van der Waals surface area contributed by atoms with Crippen LogP contribution in [0.2, 0.25) is 0 Å². The lowest BCUT2D eigenvalue weighted by Gasteiger charge is -2.14. The molecule has 0 fully saturated rings. The summed E-state index contributed by atoms with van der Waals surface area (Å²) in [6.07, 6.45) is 5.55. The van der Waals surface area contributed by atoms with Gasteiger partial charge in [0.25, 0.3) is 8.05 Å². The topological polar surface area (TPSA) is 44.0 Å². The molecule has 0 atom stereocenters. The van der Waals surface area contributed by atoms with E-state index in [1.54, 1.807) is 0 Å². The van der Waals surface area contributed by atoms with Crippen LogP contribution in [0.15, 0.2) is 0 Å². The molecule has 14 heavy (non-hydrogen) atoms. The van der Waals surface area contributed by atoms with Crippen LogP contribution in [0.3, 0.4) is 0 Å². The van der Waals surface area contributed by atoms with E-state index >= 15 is 0 Å². The summed E-state index contributed by atoms with van der Waals surface area (Å²) >= 11 is 11.7. The van der Waals surface area contributed by atoms with Crippen molar-refractivity contribution >= 4 is 31.3 Å². The number of hydrogen-bond donors (Lipinski definition) is 1. The van der Waals surface area contributed by atoms with E-state index in [0.29, 0.717) is 0 Å². The van der Waals surface area contributed by atoms with Gasteiger partial charge in [-0.2, -0.15) is 5.26 Å². The largest absolute Gasteiger partial charge is 0.458 e. The first kappa shape index (κ1) is 16.5. The average Bonchev–Trinajstić information content (AvgIpc) is 2.16. The van der Waals surface area contributed by atoms with Crippen LogP contribution in [0.1, 0.15) is 45.4 Å². The van der Waals surface area contributed by atoms with Gasteiger partial charge in [0, 0.05) is 0 Å². The molecule has 0 aliphatic rings. The van der Waals surface area contributed by atoms with Gasteiger partial charge in [-0.25, -0.2) is 0 Å². The van der Waals surface area contributed by atoms with E-state index in [4.69, 9.17) is 33.5 Å². The van der Waals surface area contributed by atoms with E-state index in [1.807, 2.05) is 6.07 Å². The van der Waals surface area contributed by atoms with Gasteiger partial charge in [-0.1, -0.05) is 32.6 Å². The highest BCUT2D eigenvalue weighted by Gasteiger charge is 2.22. The first-order chi connectivity index (χ1) is 6.62. The van der Waals surface area contributed by atoms with Gasteiger partial charge in [0.15, 0.2) is 0 Å². The van der Waals surface area contributed by atoms with E-state index in [0.717, 1.165) is 27.3 Å². The smallest absolute Gasteiger partial charge is 0.252 e. The third-order valence-corrected chi connectivity index (χ3v) is 2.38. The molecule has 0 aliphatic carbocycles. The number of rotatable bonds is 6. The standard InChI is InChI=1S/C9H15Cl2N.BH3O/c1-2-3-4-5-6-9(10,11)7-8-12;1-2/h2-7H2,1H3;2H,1H2. The minimum Gasteiger partial charge on any atom is -0.458 e. The summed E-state index contributed by atoms with van der Waals surface area (Å²) in [4.78, 5) is 0.